The van der Waals surface area contributed by atoms with Gasteiger partial charge in [0, 0.05) is 25.5 Å². The third-order valence-electron chi connectivity index (χ3n) is 6.15. The fraction of sp³-hybridized carbons (Fsp3) is 0.464. The van der Waals surface area contributed by atoms with Gasteiger partial charge in [-0.05, 0) is 48.0 Å². The smallest absolute Gasteiger partial charge is 0.222 e. The van der Waals surface area contributed by atoms with Crippen molar-refractivity contribution >= 4 is 23.1 Å². The number of nitrogens with zero attached hydrogens (tertiary/aromatic N) is 1. The third-order valence-corrected chi connectivity index (χ3v) is 6.15. The maximum atomic E-state index is 12.6. The van der Waals surface area contributed by atoms with E-state index in [0.29, 0.717) is 24.7 Å². The Morgan fingerprint density at radius 2 is 1.81 bits per heavy atom. The minimum Gasteiger partial charge on any atom is -0.311 e. The normalized spacial score (nSPS) is 17.9. The standard InChI is InChI=1S/C28H36N2O2/c1-3-4-5-6-7-8-12-27(32)24-15-13-23(14-16-24)26-11-9-10-22-17-18-29-28(30-21(2)31)20-25(26)19-22/h9-11,13-16,20,22H,3-8,12,17-19H2,1-2H3,(H,29,30,31). The van der Waals surface area contributed by atoms with E-state index in [1.165, 1.54) is 38.2 Å². The molecule has 1 atom stereocenters. The van der Waals surface area contributed by atoms with Crippen LogP contribution >= 0.6 is 0 Å². The molecule has 1 aliphatic carbocycles. The SMILES string of the molecule is CCCCCCCCC(=O)c1ccc(C2=CC=CC3CCN=C(NC(C)=O)C=C2C3)cc1. The molecule has 4 nitrogen and oxygen atoms in total. The highest BCUT2D eigenvalue weighted by Crippen LogP contribution is 2.33. The molecule has 2 aliphatic rings. The maximum Gasteiger partial charge on any atom is 0.222 e. The van der Waals surface area contributed by atoms with Crippen LogP contribution in [0.2, 0.25) is 0 Å². The van der Waals surface area contributed by atoms with Crippen molar-refractivity contribution in [1.29, 1.82) is 0 Å². The number of amidine groups is 1. The van der Waals surface area contributed by atoms with Crippen LogP contribution < -0.4 is 5.32 Å². The van der Waals surface area contributed by atoms with Gasteiger partial charge in [-0.15, -0.1) is 0 Å². The Hall–Kier alpha value is -2.75. The molecule has 1 heterocycles. The molecule has 1 N–H and O–H groups in total. The number of allylic oxidation sites excluding steroid dienone is 5. The number of rotatable bonds is 9. The molecule has 170 valence electrons. The van der Waals surface area contributed by atoms with E-state index in [1.54, 1.807) is 0 Å². The van der Waals surface area contributed by atoms with Gasteiger partial charge in [0.15, 0.2) is 5.78 Å². The summed E-state index contributed by atoms with van der Waals surface area (Å²) in [6, 6.07) is 7.99. The van der Waals surface area contributed by atoms with Crippen LogP contribution in [0.5, 0.6) is 0 Å². The fourth-order valence-corrected chi connectivity index (χ4v) is 4.36. The quantitative estimate of drug-likeness (QED) is 0.360. The first kappa shape index (κ1) is 23.9. The summed E-state index contributed by atoms with van der Waals surface area (Å²) in [5, 5.41) is 2.85. The largest absolute Gasteiger partial charge is 0.311 e. The van der Waals surface area contributed by atoms with Crippen LogP contribution in [0.25, 0.3) is 5.57 Å². The van der Waals surface area contributed by atoms with Gasteiger partial charge in [0.05, 0.1) is 0 Å². The molecule has 2 bridgehead atoms. The minimum atomic E-state index is -0.108. The van der Waals surface area contributed by atoms with Crippen molar-refractivity contribution in [3.05, 3.63) is 65.3 Å². The Morgan fingerprint density at radius 1 is 1.06 bits per heavy atom. The van der Waals surface area contributed by atoms with E-state index in [1.807, 2.05) is 30.3 Å². The molecule has 3 rings (SSSR count). The predicted octanol–water partition coefficient (Wildman–Crippen LogP) is 6.44. The summed E-state index contributed by atoms with van der Waals surface area (Å²) < 4.78 is 0. The lowest BCUT2D eigenvalue weighted by Crippen LogP contribution is -2.28. The highest BCUT2D eigenvalue weighted by atomic mass is 16.1. The van der Waals surface area contributed by atoms with Crippen molar-refractivity contribution in [2.45, 2.75) is 71.6 Å². The van der Waals surface area contributed by atoms with E-state index >= 15 is 0 Å². The monoisotopic (exact) mass is 432 g/mol. The Labute approximate surface area is 192 Å². The Balaban J connectivity index is 1.69. The lowest BCUT2D eigenvalue weighted by molar-refractivity contribution is -0.117. The molecule has 1 unspecified atom stereocenters. The molecule has 1 aromatic carbocycles. The molecule has 32 heavy (non-hydrogen) atoms. The highest BCUT2D eigenvalue weighted by molar-refractivity contribution is 6.06. The molecule has 0 saturated heterocycles. The summed E-state index contributed by atoms with van der Waals surface area (Å²) in [4.78, 5) is 28.7. The average molecular weight is 433 g/mol. The van der Waals surface area contributed by atoms with Gasteiger partial charge in [-0.1, -0.05) is 81.5 Å². The first-order valence-electron chi connectivity index (χ1n) is 12.1. The molecule has 0 saturated carbocycles. The van der Waals surface area contributed by atoms with E-state index in [4.69, 9.17) is 0 Å². The second-order valence-corrected chi connectivity index (χ2v) is 8.85. The summed E-state index contributed by atoms with van der Waals surface area (Å²) in [5.41, 5.74) is 4.16. The first-order chi connectivity index (χ1) is 15.6. The molecule has 0 fully saturated rings. The number of hydrogen-bond donors (Lipinski definition) is 1. The number of nitrogens with one attached hydrogen (secondary N) is 1. The van der Waals surface area contributed by atoms with Crippen molar-refractivity contribution < 1.29 is 9.59 Å². The number of ketones is 1. The van der Waals surface area contributed by atoms with Crippen LogP contribution in [0, 0.1) is 5.92 Å². The van der Waals surface area contributed by atoms with E-state index in [9.17, 15) is 9.59 Å². The summed E-state index contributed by atoms with van der Waals surface area (Å²) in [6.45, 7) is 4.43. The van der Waals surface area contributed by atoms with Crippen LogP contribution in [0.4, 0.5) is 0 Å². The number of aliphatic imine (C=N–C) groups is 1. The second kappa shape index (κ2) is 12.3. The van der Waals surface area contributed by atoms with Crippen LogP contribution in [0.1, 0.15) is 87.6 Å². The zero-order valence-corrected chi connectivity index (χ0v) is 19.5. The summed E-state index contributed by atoms with van der Waals surface area (Å²) in [7, 11) is 0. The highest BCUT2D eigenvalue weighted by Gasteiger charge is 2.19. The van der Waals surface area contributed by atoms with Gasteiger partial charge in [-0.25, -0.2) is 0 Å². The molecule has 1 aliphatic heterocycles. The number of carbonyl (C=O) groups is 2. The molecular formula is C28H36N2O2. The van der Waals surface area contributed by atoms with Gasteiger partial charge in [-0.2, -0.15) is 0 Å². The van der Waals surface area contributed by atoms with Crippen LogP contribution in [-0.4, -0.2) is 24.1 Å². The van der Waals surface area contributed by atoms with Gasteiger partial charge < -0.3 is 5.32 Å². The lowest BCUT2D eigenvalue weighted by Gasteiger charge is -2.19. The number of carbonyl (C=O) groups excluding carboxylic acids is 2. The van der Waals surface area contributed by atoms with E-state index in [2.05, 4.69) is 35.5 Å². The van der Waals surface area contributed by atoms with Crippen molar-refractivity contribution in [2.24, 2.45) is 10.9 Å². The minimum absolute atomic E-state index is 0.108. The Kier molecular flexibility index (Phi) is 9.21. The van der Waals surface area contributed by atoms with Gasteiger partial charge in [0.25, 0.3) is 0 Å². The van der Waals surface area contributed by atoms with Crippen molar-refractivity contribution in [2.75, 3.05) is 6.54 Å². The number of Topliss-reactive ketones (excluding diaryl/α,β-unsaturated/α-hetero) is 1. The van der Waals surface area contributed by atoms with Gasteiger partial charge in [0.2, 0.25) is 5.91 Å². The number of fused-ring (bicyclic) bond motifs is 2. The summed E-state index contributed by atoms with van der Waals surface area (Å²) in [6.07, 6.45) is 18.2. The zero-order chi connectivity index (χ0) is 22.8. The zero-order valence-electron chi connectivity index (χ0n) is 19.5. The fourth-order valence-electron chi connectivity index (χ4n) is 4.36. The van der Waals surface area contributed by atoms with Gasteiger partial charge in [0.1, 0.15) is 5.84 Å². The summed E-state index contributed by atoms with van der Waals surface area (Å²) in [5.74, 6) is 1.19. The van der Waals surface area contributed by atoms with Crippen molar-refractivity contribution in [1.82, 2.24) is 5.32 Å². The van der Waals surface area contributed by atoms with Crippen LogP contribution in [0.3, 0.4) is 0 Å². The molecule has 1 amide bonds. The van der Waals surface area contributed by atoms with Gasteiger partial charge in [-0.3, -0.25) is 14.6 Å². The molecule has 0 aromatic heterocycles. The number of amides is 1. The Morgan fingerprint density at radius 3 is 2.56 bits per heavy atom. The van der Waals surface area contributed by atoms with Crippen LogP contribution in [-0.2, 0) is 4.79 Å². The predicted molar refractivity (Wildman–Crippen MR) is 133 cm³/mol. The molecule has 0 radical (unpaired) electrons. The third kappa shape index (κ3) is 7.15. The molecule has 0 spiro atoms. The van der Waals surface area contributed by atoms with Crippen LogP contribution in [0.15, 0.2) is 59.1 Å². The van der Waals surface area contributed by atoms with Crippen molar-refractivity contribution in [3.8, 4) is 0 Å². The number of unbranched alkanes of at least 4 members (excludes halogenated alkanes) is 5. The molecule has 1 aromatic rings. The topological polar surface area (TPSA) is 58.5 Å². The lowest BCUT2D eigenvalue weighted by atomic mass is 9.89. The summed E-state index contributed by atoms with van der Waals surface area (Å²) >= 11 is 0. The number of hydrogen-bond acceptors (Lipinski definition) is 3. The Bertz CT molecular complexity index is 919. The van der Waals surface area contributed by atoms with Crippen molar-refractivity contribution in [3.63, 3.8) is 0 Å². The van der Waals surface area contributed by atoms with Gasteiger partial charge >= 0.3 is 0 Å². The van der Waals surface area contributed by atoms with E-state index in [0.717, 1.165) is 42.4 Å². The molecular weight excluding hydrogens is 396 g/mol. The number of benzene rings is 1. The average Bonchev–Trinajstić information content (AvgIpc) is 2.98. The van der Waals surface area contributed by atoms with E-state index in [-0.39, 0.29) is 11.7 Å². The first-order valence-corrected chi connectivity index (χ1v) is 12.1. The maximum absolute atomic E-state index is 12.6. The van der Waals surface area contributed by atoms with E-state index < -0.39 is 0 Å². The second-order valence-electron chi connectivity index (χ2n) is 8.85. The molecule has 4 heteroatoms.